The van der Waals surface area contributed by atoms with Crippen LogP contribution in [0.1, 0.15) is 43.4 Å². The minimum Gasteiger partial charge on any atom is -0.479 e. The number of nitrogens with one attached hydrogen (secondary N) is 1. The van der Waals surface area contributed by atoms with Crippen LogP contribution in [0.4, 0.5) is 5.69 Å². The molecule has 216 valence electrons. The summed E-state index contributed by atoms with van der Waals surface area (Å²) < 4.78 is 5.39. The van der Waals surface area contributed by atoms with E-state index in [4.69, 9.17) is 33.2 Å². The molecule has 1 amide bonds. The molecule has 1 fully saturated rings. The number of hydrogen-bond donors (Lipinski definition) is 1. The molecular formula is C35H23Cl2N3O4. The molecular weight excluding hydrogens is 597 g/mol. The monoisotopic (exact) mass is 619 g/mol. The zero-order chi connectivity index (χ0) is 30.6. The Balaban J connectivity index is 1.49. The van der Waals surface area contributed by atoms with E-state index in [9.17, 15) is 14.4 Å². The van der Waals surface area contributed by atoms with E-state index in [1.54, 1.807) is 36.4 Å². The van der Waals surface area contributed by atoms with Crippen molar-refractivity contribution in [2.75, 3.05) is 11.9 Å². The van der Waals surface area contributed by atoms with Crippen LogP contribution in [-0.2, 0) is 10.2 Å². The van der Waals surface area contributed by atoms with E-state index in [0.717, 1.165) is 11.1 Å². The first kappa shape index (κ1) is 27.9. The van der Waals surface area contributed by atoms with Crippen LogP contribution >= 0.6 is 23.2 Å². The fraction of sp³-hybridized carbons (Fsp3) is 0.143. The maximum absolute atomic E-state index is 14.9. The Hall–Kier alpha value is -4.90. The number of ketones is 2. The third kappa shape index (κ3) is 4.06. The van der Waals surface area contributed by atoms with Crippen LogP contribution in [0.5, 0.6) is 5.75 Å². The lowest BCUT2D eigenvalue weighted by Gasteiger charge is -2.38. The summed E-state index contributed by atoms with van der Waals surface area (Å²) in [4.78, 5) is 46.0. The van der Waals surface area contributed by atoms with Gasteiger partial charge in [-0.1, -0.05) is 65.7 Å². The van der Waals surface area contributed by atoms with Crippen molar-refractivity contribution in [3.05, 3.63) is 135 Å². The number of para-hydroxylation sites is 1. The van der Waals surface area contributed by atoms with Crippen molar-refractivity contribution in [2.45, 2.75) is 17.5 Å². The van der Waals surface area contributed by atoms with Crippen LogP contribution in [0.25, 0.3) is 6.08 Å². The van der Waals surface area contributed by atoms with Gasteiger partial charge in [-0.05, 0) is 71.3 Å². The van der Waals surface area contributed by atoms with Crippen LogP contribution < -0.4 is 10.1 Å². The highest BCUT2D eigenvalue weighted by molar-refractivity contribution is 6.37. The molecule has 1 N–H and O–H groups in total. The molecule has 0 aliphatic carbocycles. The second-order valence-corrected chi connectivity index (χ2v) is 11.8. The van der Waals surface area contributed by atoms with Crippen molar-refractivity contribution in [3.8, 4) is 11.8 Å². The molecule has 44 heavy (non-hydrogen) atoms. The number of hydrogen-bond acceptors (Lipinski definition) is 6. The molecule has 0 unspecified atom stereocenters. The maximum atomic E-state index is 14.9. The van der Waals surface area contributed by atoms with Gasteiger partial charge in [0, 0.05) is 28.0 Å². The molecule has 3 heterocycles. The molecule has 1 spiro atoms. The molecule has 4 aromatic rings. The van der Waals surface area contributed by atoms with Crippen LogP contribution in [0.15, 0.2) is 97.2 Å². The molecule has 3 aliphatic rings. The van der Waals surface area contributed by atoms with Crippen molar-refractivity contribution in [2.24, 2.45) is 5.92 Å². The number of nitriles is 1. The molecule has 7 rings (SSSR count). The number of anilines is 1. The van der Waals surface area contributed by atoms with Gasteiger partial charge in [0.15, 0.2) is 18.2 Å². The Morgan fingerprint density at radius 2 is 1.70 bits per heavy atom. The smallest absolute Gasteiger partial charge is 0.238 e. The van der Waals surface area contributed by atoms with E-state index in [0.29, 0.717) is 27.6 Å². The van der Waals surface area contributed by atoms with Gasteiger partial charge in [0.2, 0.25) is 5.91 Å². The molecule has 0 radical (unpaired) electrons. The van der Waals surface area contributed by atoms with E-state index < -0.39 is 29.2 Å². The number of amides is 1. The van der Waals surface area contributed by atoms with Crippen molar-refractivity contribution in [1.82, 2.24) is 4.90 Å². The van der Waals surface area contributed by atoms with E-state index >= 15 is 0 Å². The molecule has 4 atom stereocenters. The normalized spacial score (nSPS) is 22.5. The Bertz CT molecular complexity index is 1930. The first-order chi connectivity index (χ1) is 21.4. The summed E-state index contributed by atoms with van der Waals surface area (Å²) >= 11 is 12.8. The van der Waals surface area contributed by atoms with Gasteiger partial charge in [-0.15, -0.1) is 0 Å². The van der Waals surface area contributed by atoms with Gasteiger partial charge in [-0.3, -0.25) is 14.4 Å². The van der Waals surface area contributed by atoms with Gasteiger partial charge in [-0.2, -0.15) is 5.26 Å². The van der Waals surface area contributed by atoms with Gasteiger partial charge < -0.3 is 15.0 Å². The average molecular weight is 620 g/mol. The van der Waals surface area contributed by atoms with Gasteiger partial charge >= 0.3 is 0 Å². The van der Waals surface area contributed by atoms with E-state index in [-0.39, 0.29) is 28.9 Å². The minimum atomic E-state index is -1.47. The second kappa shape index (κ2) is 10.7. The van der Waals surface area contributed by atoms with E-state index in [2.05, 4.69) is 5.32 Å². The van der Waals surface area contributed by atoms with Gasteiger partial charge in [0.1, 0.15) is 23.3 Å². The quantitative estimate of drug-likeness (QED) is 0.236. The molecule has 0 aromatic heterocycles. The van der Waals surface area contributed by atoms with E-state index in [1.807, 2.05) is 71.8 Å². The first-order valence-corrected chi connectivity index (χ1v) is 14.7. The second-order valence-electron chi connectivity index (χ2n) is 10.9. The average Bonchev–Trinajstić information content (AvgIpc) is 3.51. The standard InChI is InChI=1S/C35H23Cl2N3O4/c36-22-11-14-25(27(37)19-22)32(42)30-29(31(41)21-9-12-23(13-10-21)44-18-16-38)35(26-7-3-4-8-28(26)39-34(35)43)33-24-6-2-1-5-20(24)15-17-40(30)33/h1-15,17,19,29-30,33H,18H2,(H,39,43)/t29-,30+,33-,35+/m0/s1. The number of halogens is 2. The zero-order valence-corrected chi connectivity index (χ0v) is 24.5. The number of fused-ring (bicyclic) bond motifs is 6. The Kier molecular flexibility index (Phi) is 6.77. The largest absolute Gasteiger partial charge is 0.479 e. The lowest BCUT2D eigenvalue weighted by molar-refractivity contribution is -0.122. The molecule has 9 heteroatoms. The maximum Gasteiger partial charge on any atom is 0.238 e. The topological polar surface area (TPSA) is 99.5 Å². The fourth-order valence-corrected chi connectivity index (χ4v) is 7.53. The highest BCUT2D eigenvalue weighted by Crippen LogP contribution is 2.62. The number of ether oxygens (including phenoxy) is 1. The van der Waals surface area contributed by atoms with Gasteiger partial charge in [0.25, 0.3) is 0 Å². The number of rotatable bonds is 6. The summed E-state index contributed by atoms with van der Waals surface area (Å²) in [5.41, 5.74) is 2.01. The number of Topliss-reactive ketones (excluding diaryl/α,β-unsaturated/α-hetero) is 2. The zero-order valence-electron chi connectivity index (χ0n) is 23.0. The third-order valence-corrected chi connectivity index (χ3v) is 9.31. The summed E-state index contributed by atoms with van der Waals surface area (Å²) in [5, 5.41) is 12.5. The van der Waals surface area contributed by atoms with Gasteiger partial charge in [0.05, 0.1) is 17.0 Å². The van der Waals surface area contributed by atoms with Crippen molar-refractivity contribution < 1.29 is 19.1 Å². The summed E-state index contributed by atoms with van der Waals surface area (Å²) in [5.74, 6) is -1.88. The van der Waals surface area contributed by atoms with Crippen LogP contribution in [0, 0.1) is 17.2 Å². The van der Waals surface area contributed by atoms with E-state index in [1.165, 1.54) is 6.07 Å². The molecule has 0 bridgehead atoms. The van der Waals surface area contributed by atoms with Crippen molar-refractivity contribution in [1.29, 1.82) is 5.26 Å². The summed E-state index contributed by atoms with van der Waals surface area (Å²) in [6.07, 6.45) is 3.71. The van der Waals surface area contributed by atoms with Crippen molar-refractivity contribution in [3.63, 3.8) is 0 Å². The lowest BCUT2D eigenvalue weighted by atomic mass is 9.62. The van der Waals surface area contributed by atoms with Crippen LogP contribution in [0.3, 0.4) is 0 Å². The number of nitrogens with zero attached hydrogens (tertiary/aromatic N) is 2. The molecule has 7 nitrogen and oxygen atoms in total. The fourth-order valence-electron chi connectivity index (χ4n) is 7.03. The molecule has 0 saturated carbocycles. The highest BCUT2D eigenvalue weighted by atomic mass is 35.5. The summed E-state index contributed by atoms with van der Waals surface area (Å²) in [6.45, 7) is -0.142. The van der Waals surface area contributed by atoms with Crippen LogP contribution in [-0.4, -0.2) is 35.0 Å². The number of benzene rings is 4. The number of carbonyl (C=O) groups is 3. The minimum absolute atomic E-state index is 0.142. The first-order valence-electron chi connectivity index (χ1n) is 13.9. The molecule has 1 saturated heterocycles. The summed E-state index contributed by atoms with van der Waals surface area (Å²) in [6, 6.07) is 26.2. The predicted molar refractivity (Wildman–Crippen MR) is 167 cm³/mol. The SMILES string of the molecule is N#CCOc1ccc(C(=O)[C@@H]2[C@H](C(=O)c3ccc(Cl)cc3Cl)N3C=Cc4ccccc4[C@H]3[C@]23C(=O)Nc2ccccc23)cc1. The number of carbonyl (C=O) groups excluding carboxylic acids is 3. The van der Waals surface area contributed by atoms with Crippen LogP contribution in [0.2, 0.25) is 10.0 Å². The molecule has 4 aromatic carbocycles. The Morgan fingerprint density at radius 1 is 0.955 bits per heavy atom. The Labute approximate surface area is 263 Å². The predicted octanol–water partition coefficient (Wildman–Crippen LogP) is 6.88. The third-order valence-electron chi connectivity index (χ3n) is 8.76. The molecule has 3 aliphatic heterocycles. The Morgan fingerprint density at radius 3 is 2.48 bits per heavy atom. The highest BCUT2D eigenvalue weighted by Gasteiger charge is 2.70. The summed E-state index contributed by atoms with van der Waals surface area (Å²) in [7, 11) is 0. The van der Waals surface area contributed by atoms with Crippen molar-refractivity contribution >= 4 is 52.4 Å². The van der Waals surface area contributed by atoms with Gasteiger partial charge in [-0.25, -0.2) is 0 Å². The lowest BCUT2D eigenvalue weighted by Crippen LogP contribution is -2.49.